The van der Waals surface area contributed by atoms with Crippen molar-refractivity contribution in [2.24, 2.45) is 5.29 Å². The number of amides is 1. The van der Waals surface area contributed by atoms with Crippen LogP contribution in [0, 0.1) is 4.91 Å². The molecule has 1 aromatic carbocycles. The molecule has 2 N–H and O–H groups in total. The van der Waals surface area contributed by atoms with E-state index in [9.17, 15) is 14.8 Å². The number of rotatable bonds is 2. The van der Waals surface area contributed by atoms with E-state index in [1.807, 2.05) is 0 Å². The van der Waals surface area contributed by atoms with Gasteiger partial charge in [0.05, 0.1) is 11.7 Å². The summed E-state index contributed by atoms with van der Waals surface area (Å²) in [7, 11) is 0. The normalized spacial score (nSPS) is 20.1. The Kier molecular flexibility index (Phi) is 2.24. The Hall–Kier alpha value is -2.11. The van der Waals surface area contributed by atoms with E-state index in [1.54, 1.807) is 18.2 Å². The highest BCUT2D eigenvalue weighted by atomic mass is 16.3. The number of nitroso groups, excluding NO2 is 1. The smallest absolute Gasteiger partial charge is 0.242 e. The maximum atomic E-state index is 11.1. The number of hydrogen-bond acceptors (Lipinski definition) is 4. The average Bonchev–Trinajstić information content (AvgIpc) is 2.60. The first-order valence-corrected chi connectivity index (χ1v) is 4.42. The van der Waals surface area contributed by atoms with Gasteiger partial charge in [0.25, 0.3) is 0 Å². The van der Waals surface area contributed by atoms with Crippen LogP contribution in [-0.2, 0) is 4.79 Å². The van der Waals surface area contributed by atoms with Crippen molar-refractivity contribution in [2.75, 3.05) is 0 Å². The average molecular weight is 207 g/mol. The first kappa shape index (κ1) is 9.45. The van der Waals surface area contributed by atoms with E-state index in [0.717, 1.165) is 5.12 Å². The Morgan fingerprint density at radius 3 is 2.87 bits per heavy atom. The van der Waals surface area contributed by atoms with E-state index in [4.69, 9.17) is 0 Å². The van der Waals surface area contributed by atoms with Crippen LogP contribution in [0.15, 0.2) is 29.6 Å². The highest BCUT2D eigenvalue weighted by Gasteiger charge is 2.33. The predicted molar refractivity (Wildman–Crippen MR) is 51.2 cm³/mol. The zero-order chi connectivity index (χ0) is 10.8. The van der Waals surface area contributed by atoms with Crippen molar-refractivity contribution in [3.63, 3.8) is 0 Å². The topological polar surface area (TPSA) is 82.0 Å². The Labute approximate surface area is 85.4 Å². The van der Waals surface area contributed by atoms with Crippen LogP contribution in [0.4, 0.5) is 0 Å². The van der Waals surface area contributed by atoms with Crippen LogP contribution in [0.25, 0.3) is 0 Å². The lowest BCUT2D eigenvalue weighted by atomic mass is 10.0. The van der Waals surface area contributed by atoms with Crippen molar-refractivity contribution < 1.29 is 9.90 Å². The first-order valence-electron chi connectivity index (χ1n) is 4.42. The molecule has 1 saturated heterocycles. The van der Waals surface area contributed by atoms with Gasteiger partial charge in [-0.25, -0.2) is 5.43 Å². The molecule has 1 unspecified atom stereocenters. The fraction of sp³-hybridized carbons (Fsp3) is 0.222. The number of benzene rings is 1. The maximum absolute atomic E-state index is 11.1. The molecule has 1 heterocycles. The number of aromatic hydroxyl groups is 1. The lowest BCUT2D eigenvalue weighted by Gasteiger charge is -2.16. The summed E-state index contributed by atoms with van der Waals surface area (Å²) < 4.78 is 0. The van der Waals surface area contributed by atoms with E-state index >= 15 is 0 Å². The minimum absolute atomic E-state index is 0.0488. The van der Waals surface area contributed by atoms with Gasteiger partial charge in [0, 0.05) is 5.56 Å². The van der Waals surface area contributed by atoms with Gasteiger partial charge in [-0.05, 0) is 6.07 Å². The summed E-state index contributed by atoms with van der Waals surface area (Å²) in [6.07, 6.45) is 0.114. The number of nitrogens with one attached hydrogen (secondary N) is 1. The molecule has 0 saturated carbocycles. The van der Waals surface area contributed by atoms with Crippen LogP contribution in [0.3, 0.4) is 0 Å². The van der Waals surface area contributed by atoms with E-state index < -0.39 is 6.04 Å². The number of carbonyl (C=O) groups excluding carboxylic acids is 1. The molecule has 1 aliphatic rings. The lowest BCUT2D eigenvalue weighted by molar-refractivity contribution is -0.121. The third-order valence-corrected chi connectivity index (χ3v) is 2.30. The van der Waals surface area contributed by atoms with Crippen molar-refractivity contribution in [2.45, 2.75) is 12.5 Å². The highest BCUT2D eigenvalue weighted by molar-refractivity contribution is 5.78. The Balaban J connectivity index is 2.34. The van der Waals surface area contributed by atoms with Gasteiger partial charge in [-0.3, -0.25) is 4.79 Å². The van der Waals surface area contributed by atoms with Gasteiger partial charge in [0.15, 0.2) is 0 Å². The molecular weight excluding hydrogens is 198 g/mol. The molecule has 1 aliphatic heterocycles. The molecule has 0 aliphatic carbocycles. The Morgan fingerprint density at radius 2 is 2.20 bits per heavy atom. The minimum atomic E-state index is -0.531. The number of phenolic OH excluding ortho intramolecular Hbond substituents is 1. The number of para-hydroxylation sites is 1. The van der Waals surface area contributed by atoms with Crippen LogP contribution >= 0.6 is 0 Å². The molecule has 6 heteroatoms. The zero-order valence-electron chi connectivity index (χ0n) is 7.75. The lowest BCUT2D eigenvalue weighted by Crippen LogP contribution is -2.29. The predicted octanol–water partition coefficient (Wildman–Crippen LogP) is 0.852. The van der Waals surface area contributed by atoms with Crippen LogP contribution in [0.2, 0.25) is 0 Å². The van der Waals surface area contributed by atoms with Crippen molar-refractivity contribution in [1.82, 2.24) is 10.5 Å². The fourth-order valence-corrected chi connectivity index (χ4v) is 1.60. The number of carbonyl (C=O) groups is 1. The molecule has 2 rings (SSSR count). The largest absolute Gasteiger partial charge is 0.508 e. The number of nitrogens with zero attached hydrogens (tertiary/aromatic N) is 2. The van der Waals surface area contributed by atoms with E-state index in [1.165, 1.54) is 6.07 Å². The number of hydrogen-bond donors (Lipinski definition) is 2. The number of phenols is 1. The molecule has 1 amide bonds. The monoisotopic (exact) mass is 207 g/mol. The second kappa shape index (κ2) is 3.56. The van der Waals surface area contributed by atoms with Gasteiger partial charge >= 0.3 is 0 Å². The summed E-state index contributed by atoms with van der Waals surface area (Å²) in [4.78, 5) is 21.5. The van der Waals surface area contributed by atoms with Crippen molar-refractivity contribution in [3.05, 3.63) is 34.7 Å². The van der Waals surface area contributed by atoms with Crippen LogP contribution in [0.1, 0.15) is 18.0 Å². The summed E-state index contributed by atoms with van der Waals surface area (Å²) in [5.41, 5.74) is 2.79. The van der Waals surface area contributed by atoms with E-state index in [0.29, 0.717) is 5.56 Å². The summed E-state index contributed by atoms with van der Waals surface area (Å²) >= 11 is 0. The second-order valence-electron chi connectivity index (χ2n) is 3.24. The SMILES string of the molecule is O=NN1NC(=O)CC1c1ccccc1O. The fourth-order valence-electron chi connectivity index (χ4n) is 1.60. The van der Waals surface area contributed by atoms with Gasteiger partial charge in [-0.1, -0.05) is 18.2 Å². The third kappa shape index (κ3) is 1.61. The van der Waals surface area contributed by atoms with Crippen LogP contribution in [-0.4, -0.2) is 16.1 Å². The van der Waals surface area contributed by atoms with E-state index in [2.05, 4.69) is 10.7 Å². The molecule has 0 bridgehead atoms. The minimum Gasteiger partial charge on any atom is -0.508 e. The van der Waals surface area contributed by atoms with Crippen molar-refractivity contribution in [1.29, 1.82) is 0 Å². The number of hydrazine groups is 1. The molecule has 6 nitrogen and oxygen atoms in total. The second-order valence-corrected chi connectivity index (χ2v) is 3.24. The van der Waals surface area contributed by atoms with Crippen molar-refractivity contribution in [3.8, 4) is 5.75 Å². The summed E-state index contributed by atoms with van der Waals surface area (Å²) in [5.74, 6) is -0.240. The Bertz CT molecular complexity index is 407. The maximum Gasteiger partial charge on any atom is 0.242 e. The highest BCUT2D eigenvalue weighted by Crippen LogP contribution is 2.32. The summed E-state index contributed by atoms with van der Waals surface area (Å²) in [5, 5.41) is 13.2. The van der Waals surface area contributed by atoms with Gasteiger partial charge in [0.2, 0.25) is 5.91 Å². The summed E-state index contributed by atoms with van der Waals surface area (Å²) in [6, 6.07) is 6.01. The molecule has 0 spiro atoms. The third-order valence-electron chi connectivity index (χ3n) is 2.30. The molecule has 1 aromatic rings. The zero-order valence-corrected chi connectivity index (χ0v) is 7.75. The molecular formula is C9H9N3O3. The molecule has 0 aromatic heterocycles. The first-order chi connectivity index (χ1) is 7.22. The molecule has 1 atom stereocenters. The van der Waals surface area contributed by atoms with Gasteiger partial charge in [0.1, 0.15) is 11.8 Å². The summed E-state index contributed by atoms with van der Waals surface area (Å²) in [6.45, 7) is 0. The molecule has 15 heavy (non-hydrogen) atoms. The molecule has 78 valence electrons. The van der Waals surface area contributed by atoms with Gasteiger partial charge < -0.3 is 5.11 Å². The van der Waals surface area contributed by atoms with Crippen LogP contribution < -0.4 is 5.43 Å². The quantitative estimate of drug-likeness (QED) is 0.704. The van der Waals surface area contributed by atoms with Gasteiger partial charge in [-0.2, -0.15) is 5.12 Å². The van der Waals surface area contributed by atoms with Gasteiger partial charge in [-0.15, -0.1) is 4.91 Å². The Morgan fingerprint density at radius 1 is 1.47 bits per heavy atom. The molecule has 0 radical (unpaired) electrons. The van der Waals surface area contributed by atoms with E-state index in [-0.39, 0.29) is 18.1 Å². The van der Waals surface area contributed by atoms with Crippen LogP contribution in [0.5, 0.6) is 5.75 Å². The van der Waals surface area contributed by atoms with Crippen molar-refractivity contribution >= 4 is 5.91 Å². The molecule has 1 fully saturated rings. The standard InChI is InChI=1S/C9H9N3O3/c13-8-4-2-1-3-6(8)7-5-9(14)10-12(7)11-15/h1-4,7,13H,5H2,(H,10,14).